The molecule has 31 heavy (non-hydrogen) atoms. The van der Waals surface area contributed by atoms with Gasteiger partial charge in [0.2, 0.25) is 0 Å². The first-order valence-corrected chi connectivity index (χ1v) is 11.7. The first-order valence-electron chi connectivity index (χ1n) is 10.9. The molecule has 162 valence electrons. The van der Waals surface area contributed by atoms with Crippen molar-refractivity contribution in [2.45, 2.75) is 37.8 Å². The number of rotatable bonds is 6. The number of aromatic amines is 1. The van der Waals surface area contributed by atoms with Crippen molar-refractivity contribution < 1.29 is 14.2 Å². The van der Waals surface area contributed by atoms with Crippen LogP contribution < -0.4 is 4.74 Å². The first kappa shape index (κ1) is 20.5. The van der Waals surface area contributed by atoms with Crippen molar-refractivity contribution in [1.82, 2.24) is 9.88 Å². The third-order valence-electron chi connectivity index (χ3n) is 6.37. The van der Waals surface area contributed by atoms with Crippen molar-refractivity contribution >= 4 is 32.3 Å². The van der Waals surface area contributed by atoms with Gasteiger partial charge in [0.15, 0.2) is 0 Å². The fraction of sp³-hybridized carbons (Fsp3) is 0.360. The largest absolute Gasteiger partial charge is 0.490 e. The Morgan fingerprint density at radius 2 is 2.10 bits per heavy atom. The van der Waals surface area contributed by atoms with Crippen LogP contribution in [-0.4, -0.2) is 46.8 Å². The molecule has 0 saturated carbocycles. The van der Waals surface area contributed by atoms with Crippen molar-refractivity contribution in [2.24, 2.45) is 0 Å². The molecule has 1 aliphatic heterocycles. The Labute approximate surface area is 185 Å². The predicted molar refractivity (Wildman–Crippen MR) is 125 cm³/mol. The number of halogens is 1. The average molecular weight is 439 g/mol. The fourth-order valence-electron chi connectivity index (χ4n) is 4.69. The number of H-pyrrole nitrogens is 1. The highest BCUT2D eigenvalue weighted by Gasteiger charge is 2.29. The molecular weight excluding hydrogens is 411 g/mol. The second kappa shape index (κ2) is 8.61. The Hall–Kier alpha value is -2.41. The second-order valence-corrected chi connectivity index (χ2v) is 9.64. The summed E-state index contributed by atoms with van der Waals surface area (Å²) in [5, 5.41) is 12.4. The van der Waals surface area contributed by atoms with E-state index in [4.69, 9.17) is 4.74 Å². The van der Waals surface area contributed by atoms with E-state index < -0.39 is 6.10 Å². The third-order valence-corrected chi connectivity index (χ3v) is 7.64. The van der Waals surface area contributed by atoms with E-state index in [-0.39, 0.29) is 12.4 Å². The van der Waals surface area contributed by atoms with Crippen molar-refractivity contribution in [1.29, 1.82) is 0 Å². The van der Waals surface area contributed by atoms with Crippen molar-refractivity contribution in [3.05, 3.63) is 65.4 Å². The number of fused-ring (bicyclic) bond motifs is 2. The number of thiophene rings is 1. The van der Waals surface area contributed by atoms with E-state index in [1.807, 2.05) is 42.6 Å². The smallest absolute Gasteiger partial charge is 0.131 e. The summed E-state index contributed by atoms with van der Waals surface area (Å²) in [7, 11) is 0. The van der Waals surface area contributed by atoms with Gasteiger partial charge in [0.05, 0.1) is 0 Å². The van der Waals surface area contributed by atoms with Crippen molar-refractivity contribution in [3.8, 4) is 5.75 Å². The summed E-state index contributed by atoms with van der Waals surface area (Å²) in [6.45, 7) is 4.01. The Morgan fingerprint density at radius 3 is 2.94 bits per heavy atom. The molecule has 4 aromatic rings. The molecule has 0 radical (unpaired) electrons. The summed E-state index contributed by atoms with van der Waals surface area (Å²) < 4.78 is 21.0. The number of β-amino-alcohol motifs (C(OH)–C–C–N with tert-alkyl or cyclic N) is 1. The van der Waals surface area contributed by atoms with Gasteiger partial charge in [0.25, 0.3) is 0 Å². The van der Waals surface area contributed by atoms with E-state index in [2.05, 4.69) is 16.8 Å². The monoisotopic (exact) mass is 438 g/mol. The summed E-state index contributed by atoms with van der Waals surface area (Å²) in [5.41, 5.74) is 1.03. The quantitative estimate of drug-likeness (QED) is 0.416. The van der Waals surface area contributed by atoms with E-state index in [9.17, 15) is 9.50 Å². The molecule has 1 fully saturated rings. The van der Waals surface area contributed by atoms with Gasteiger partial charge in [-0.2, -0.15) is 0 Å². The molecule has 3 atom stereocenters. The van der Waals surface area contributed by atoms with Crippen LogP contribution in [0.15, 0.2) is 54.7 Å². The summed E-state index contributed by atoms with van der Waals surface area (Å²) in [4.78, 5) is 6.79. The Bertz CT molecular complexity index is 1190. The maximum atomic E-state index is 14.1. The Kier molecular flexibility index (Phi) is 5.69. The number of aromatic nitrogens is 1. The molecule has 2 aromatic carbocycles. The van der Waals surface area contributed by atoms with Crippen LogP contribution >= 0.6 is 11.3 Å². The minimum atomic E-state index is -0.549. The Morgan fingerprint density at radius 1 is 1.23 bits per heavy atom. The molecule has 0 unspecified atom stereocenters. The molecule has 6 heteroatoms. The normalized spacial score (nSPS) is 21.0. The number of aliphatic hydroxyl groups is 1. The van der Waals surface area contributed by atoms with Crippen LogP contribution in [0.2, 0.25) is 0 Å². The molecule has 1 aliphatic rings. The molecule has 0 spiro atoms. The third kappa shape index (κ3) is 4.20. The Balaban J connectivity index is 1.18. The number of ether oxygens (including phenoxy) is 1. The van der Waals surface area contributed by atoms with E-state index in [0.29, 0.717) is 18.5 Å². The number of benzene rings is 2. The van der Waals surface area contributed by atoms with Crippen molar-refractivity contribution in [3.63, 3.8) is 0 Å². The van der Waals surface area contributed by atoms with Gasteiger partial charge >= 0.3 is 0 Å². The zero-order valence-electron chi connectivity index (χ0n) is 17.6. The van der Waals surface area contributed by atoms with Gasteiger partial charge in [-0.3, -0.25) is 4.90 Å². The number of nitrogens with zero attached hydrogens (tertiary/aromatic N) is 1. The maximum Gasteiger partial charge on any atom is 0.131 e. The number of hydrogen-bond donors (Lipinski definition) is 2. The van der Waals surface area contributed by atoms with E-state index in [1.54, 1.807) is 17.4 Å². The lowest BCUT2D eigenvalue weighted by Crippen LogP contribution is -2.45. The summed E-state index contributed by atoms with van der Waals surface area (Å²) >= 11 is 1.71. The number of hydrogen-bond acceptors (Lipinski definition) is 4. The highest BCUT2D eigenvalue weighted by atomic mass is 32.1. The molecule has 2 N–H and O–H groups in total. The topological polar surface area (TPSA) is 48.5 Å². The van der Waals surface area contributed by atoms with Gasteiger partial charge in [-0.15, -0.1) is 11.3 Å². The standard InChI is InChI=1S/C25H27FN2O2S/c1-16-12-17(25-13-20-21(26)4-2-7-24(20)31-25)9-11-28(16)14-18(29)15-30-23-6-3-5-22-19(23)8-10-27-22/h2-8,10,13,16-18,27,29H,9,11-12,14-15H2,1H3/t16-,17+,18+/m1/s1. The number of piperidine rings is 1. The highest BCUT2D eigenvalue weighted by Crippen LogP contribution is 2.38. The summed E-state index contributed by atoms with van der Waals surface area (Å²) in [6.07, 6.45) is 3.39. The minimum absolute atomic E-state index is 0.135. The van der Waals surface area contributed by atoms with Crippen LogP contribution in [0.25, 0.3) is 21.0 Å². The van der Waals surface area contributed by atoms with Gasteiger partial charge in [0.1, 0.15) is 24.3 Å². The van der Waals surface area contributed by atoms with Gasteiger partial charge in [-0.25, -0.2) is 4.39 Å². The van der Waals surface area contributed by atoms with Gasteiger partial charge in [-0.05, 0) is 68.6 Å². The van der Waals surface area contributed by atoms with Gasteiger partial charge in [0, 0.05) is 44.6 Å². The molecule has 5 rings (SSSR count). The molecule has 1 saturated heterocycles. The van der Waals surface area contributed by atoms with Crippen molar-refractivity contribution in [2.75, 3.05) is 19.7 Å². The summed E-state index contributed by atoms with van der Waals surface area (Å²) in [6, 6.07) is 15.6. The molecule has 2 aromatic heterocycles. The highest BCUT2D eigenvalue weighted by molar-refractivity contribution is 7.19. The second-order valence-electron chi connectivity index (χ2n) is 8.53. The minimum Gasteiger partial charge on any atom is -0.490 e. The van der Waals surface area contributed by atoms with E-state index in [0.717, 1.165) is 46.1 Å². The van der Waals surface area contributed by atoms with Crippen LogP contribution in [0.5, 0.6) is 5.75 Å². The fourth-order valence-corrected chi connectivity index (χ4v) is 5.91. The molecule has 0 bridgehead atoms. The number of likely N-dealkylation sites (tertiary alicyclic amines) is 1. The molecular formula is C25H27FN2O2S. The van der Waals surface area contributed by atoms with Crippen LogP contribution in [0.3, 0.4) is 0 Å². The lowest BCUT2D eigenvalue weighted by atomic mass is 9.90. The lowest BCUT2D eigenvalue weighted by molar-refractivity contribution is 0.0408. The first-order chi connectivity index (χ1) is 15.1. The zero-order valence-corrected chi connectivity index (χ0v) is 18.4. The van der Waals surface area contributed by atoms with Crippen LogP contribution in [0, 0.1) is 5.82 Å². The number of nitrogens with one attached hydrogen (secondary N) is 1. The maximum absolute atomic E-state index is 14.1. The van der Waals surface area contributed by atoms with Gasteiger partial charge < -0.3 is 14.8 Å². The average Bonchev–Trinajstić information content (AvgIpc) is 3.41. The van der Waals surface area contributed by atoms with Crippen LogP contribution in [0.4, 0.5) is 4.39 Å². The van der Waals surface area contributed by atoms with E-state index >= 15 is 0 Å². The lowest BCUT2D eigenvalue weighted by Gasteiger charge is -2.38. The predicted octanol–water partition coefficient (Wildman–Crippen LogP) is 5.53. The molecule has 4 nitrogen and oxygen atoms in total. The number of aliphatic hydroxyl groups excluding tert-OH is 1. The van der Waals surface area contributed by atoms with Gasteiger partial charge in [-0.1, -0.05) is 12.1 Å². The SMILES string of the molecule is C[C@@H]1C[C@@H](c2cc3c(F)cccc3s2)CCN1C[C@H](O)COc1cccc2[nH]ccc12. The molecule has 0 amide bonds. The summed E-state index contributed by atoms with van der Waals surface area (Å²) in [5.74, 6) is 1.10. The molecule has 3 heterocycles. The van der Waals surface area contributed by atoms with Crippen LogP contribution in [-0.2, 0) is 0 Å². The molecule has 0 aliphatic carbocycles. The zero-order chi connectivity index (χ0) is 21.4. The van der Waals surface area contributed by atoms with Crippen LogP contribution in [0.1, 0.15) is 30.6 Å². The van der Waals surface area contributed by atoms with E-state index in [1.165, 1.54) is 10.9 Å².